The van der Waals surface area contributed by atoms with Crippen molar-refractivity contribution in [3.05, 3.63) is 0 Å². The Balaban J connectivity index is 1.80. The Morgan fingerprint density at radius 1 is 1.31 bits per heavy atom. The van der Waals surface area contributed by atoms with Gasteiger partial charge in [0.05, 0.1) is 24.0 Å². The number of hydrogen-bond donors (Lipinski definition) is 2. The molecule has 5 nitrogen and oxygen atoms in total. The molecule has 3 unspecified atom stereocenters. The van der Waals surface area contributed by atoms with Gasteiger partial charge in [0, 0.05) is 0 Å². The van der Waals surface area contributed by atoms with Gasteiger partial charge in [0.25, 0.3) is 0 Å². The minimum absolute atomic E-state index is 0.00151. The van der Waals surface area contributed by atoms with Crippen LogP contribution in [0, 0.1) is 0 Å². The Labute approximate surface area is 96.8 Å². The third-order valence-electron chi connectivity index (χ3n) is 3.30. The molecule has 0 radical (unpaired) electrons. The van der Waals surface area contributed by atoms with Gasteiger partial charge in [-0.15, -0.1) is 0 Å². The van der Waals surface area contributed by atoms with Crippen molar-refractivity contribution in [2.75, 3.05) is 12.3 Å². The lowest BCUT2D eigenvalue weighted by Crippen LogP contribution is -2.42. The van der Waals surface area contributed by atoms with Crippen LogP contribution in [-0.4, -0.2) is 39.0 Å². The van der Waals surface area contributed by atoms with Crippen LogP contribution in [0.3, 0.4) is 0 Å². The maximum atomic E-state index is 11.7. The van der Waals surface area contributed by atoms with Crippen molar-refractivity contribution < 1.29 is 13.2 Å². The maximum absolute atomic E-state index is 11.7. The van der Waals surface area contributed by atoms with Crippen LogP contribution in [0.15, 0.2) is 0 Å². The average Bonchev–Trinajstić information content (AvgIpc) is 2.78. The highest BCUT2D eigenvalue weighted by Gasteiger charge is 2.42. The molecular formula is C10H20N2O3S. The van der Waals surface area contributed by atoms with Gasteiger partial charge in [0.15, 0.2) is 0 Å². The number of ether oxygens (including phenoxy) is 1. The molecule has 3 atom stereocenters. The van der Waals surface area contributed by atoms with E-state index in [2.05, 4.69) is 4.72 Å². The second-order valence-corrected chi connectivity index (χ2v) is 6.52. The zero-order valence-electron chi connectivity index (χ0n) is 9.39. The summed E-state index contributed by atoms with van der Waals surface area (Å²) in [5.41, 5.74) is 5.34. The molecule has 3 N–H and O–H groups in total. The molecule has 94 valence electrons. The van der Waals surface area contributed by atoms with E-state index in [-0.39, 0.29) is 24.0 Å². The highest BCUT2D eigenvalue weighted by Crippen LogP contribution is 2.34. The minimum Gasteiger partial charge on any atom is -0.373 e. The van der Waals surface area contributed by atoms with Crippen LogP contribution in [0.5, 0.6) is 0 Å². The molecule has 0 aromatic carbocycles. The first kappa shape index (κ1) is 12.3. The summed E-state index contributed by atoms with van der Waals surface area (Å²) in [5, 5.41) is 0. The Kier molecular flexibility index (Phi) is 3.84. The number of sulfonamides is 1. The van der Waals surface area contributed by atoms with Crippen molar-refractivity contribution in [2.45, 2.75) is 50.4 Å². The SMILES string of the molecule is NCCCCS(=O)(=O)NC1CC2CCC1O2. The van der Waals surface area contributed by atoms with E-state index >= 15 is 0 Å². The van der Waals surface area contributed by atoms with Crippen LogP contribution >= 0.6 is 0 Å². The maximum Gasteiger partial charge on any atom is 0.211 e. The number of hydrogen-bond acceptors (Lipinski definition) is 4. The van der Waals surface area contributed by atoms with Crippen LogP contribution < -0.4 is 10.5 Å². The molecule has 0 aliphatic carbocycles. The zero-order valence-corrected chi connectivity index (χ0v) is 10.2. The summed E-state index contributed by atoms with van der Waals surface area (Å²) in [4.78, 5) is 0. The van der Waals surface area contributed by atoms with Crippen molar-refractivity contribution >= 4 is 10.0 Å². The largest absolute Gasteiger partial charge is 0.373 e. The molecule has 0 aromatic rings. The second kappa shape index (κ2) is 5.00. The fourth-order valence-corrected chi connectivity index (χ4v) is 3.90. The van der Waals surface area contributed by atoms with Crippen molar-refractivity contribution in [1.29, 1.82) is 0 Å². The van der Waals surface area contributed by atoms with Gasteiger partial charge < -0.3 is 10.5 Å². The zero-order chi connectivity index (χ0) is 11.6. The average molecular weight is 248 g/mol. The van der Waals surface area contributed by atoms with Gasteiger partial charge in [-0.1, -0.05) is 0 Å². The van der Waals surface area contributed by atoms with Crippen LogP contribution in [0.4, 0.5) is 0 Å². The molecule has 16 heavy (non-hydrogen) atoms. The first-order chi connectivity index (χ1) is 7.61. The van der Waals surface area contributed by atoms with Crippen LogP contribution in [0.25, 0.3) is 0 Å². The van der Waals surface area contributed by atoms with Crippen LogP contribution in [0.1, 0.15) is 32.1 Å². The smallest absolute Gasteiger partial charge is 0.211 e. The third-order valence-corrected chi connectivity index (χ3v) is 4.79. The standard InChI is InChI=1S/C10H20N2O3S/c11-5-1-2-6-16(13,14)12-9-7-8-3-4-10(9)15-8/h8-10,12H,1-7,11H2. The predicted octanol–water partition coefficient (Wildman–Crippen LogP) is -0.0354. The minimum atomic E-state index is -3.15. The molecule has 2 aliphatic heterocycles. The summed E-state index contributed by atoms with van der Waals surface area (Å²) in [6.45, 7) is 0.548. The van der Waals surface area contributed by atoms with Crippen molar-refractivity contribution in [3.63, 3.8) is 0 Å². The Morgan fingerprint density at radius 3 is 2.69 bits per heavy atom. The monoisotopic (exact) mass is 248 g/mol. The van der Waals surface area contributed by atoms with Gasteiger partial charge in [0.1, 0.15) is 0 Å². The summed E-state index contributed by atoms with van der Waals surface area (Å²) in [6.07, 6.45) is 4.68. The highest BCUT2D eigenvalue weighted by atomic mass is 32.2. The number of unbranched alkanes of at least 4 members (excludes halogenated alkanes) is 1. The molecule has 6 heteroatoms. The lowest BCUT2D eigenvalue weighted by Gasteiger charge is -2.19. The summed E-state index contributed by atoms with van der Waals surface area (Å²) in [7, 11) is -3.15. The molecule has 2 saturated heterocycles. The van der Waals surface area contributed by atoms with Gasteiger partial charge in [-0.05, 0) is 38.6 Å². The fraction of sp³-hybridized carbons (Fsp3) is 1.00. The summed E-state index contributed by atoms with van der Waals surface area (Å²) in [6, 6.07) is 0.00151. The van der Waals surface area contributed by atoms with E-state index in [4.69, 9.17) is 10.5 Å². The van der Waals surface area contributed by atoms with E-state index in [0.29, 0.717) is 13.0 Å². The highest BCUT2D eigenvalue weighted by molar-refractivity contribution is 7.89. The van der Waals surface area contributed by atoms with Gasteiger partial charge in [-0.25, -0.2) is 13.1 Å². The van der Waals surface area contributed by atoms with E-state index < -0.39 is 10.0 Å². The van der Waals surface area contributed by atoms with Crippen LogP contribution in [-0.2, 0) is 14.8 Å². The summed E-state index contributed by atoms with van der Waals surface area (Å²) in [5.74, 6) is 0.179. The molecule has 0 spiro atoms. The lowest BCUT2D eigenvalue weighted by molar-refractivity contribution is 0.0996. The van der Waals surface area contributed by atoms with E-state index in [1.165, 1.54) is 0 Å². The predicted molar refractivity (Wildman–Crippen MR) is 61.5 cm³/mol. The molecule has 2 fully saturated rings. The molecule has 2 heterocycles. The number of fused-ring (bicyclic) bond motifs is 2. The normalized spacial score (nSPS) is 33.4. The molecule has 0 aromatic heterocycles. The van der Waals surface area contributed by atoms with Gasteiger partial charge >= 0.3 is 0 Å². The van der Waals surface area contributed by atoms with Gasteiger partial charge in [-0.2, -0.15) is 0 Å². The first-order valence-corrected chi connectivity index (χ1v) is 7.61. The van der Waals surface area contributed by atoms with Crippen molar-refractivity contribution in [1.82, 2.24) is 4.72 Å². The topological polar surface area (TPSA) is 81.4 Å². The molecule has 2 rings (SSSR count). The van der Waals surface area contributed by atoms with E-state index in [9.17, 15) is 8.42 Å². The fourth-order valence-electron chi connectivity index (χ4n) is 2.49. The van der Waals surface area contributed by atoms with E-state index in [0.717, 1.165) is 25.7 Å². The van der Waals surface area contributed by atoms with E-state index in [1.807, 2.05) is 0 Å². The van der Waals surface area contributed by atoms with Crippen molar-refractivity contribution in [3.8, 4) is 0 Å². The molecule has 2 aliphatic rings. The number of rotatable bonds is 6. The number of nitrogens with one attached hydrogen (secondary N) is 1. The lowest BCUT2D eigenvalue weighted by atomic mass is 9.96. The second-order valence-electron chi connectivity index (χ2n) is 4.65. The summed E-state index contributed by atoms with van der Waals surface area (Å²) >= 11 is 0. The number of nitrogens with two attached hydrogens (primary N) is 1. The Hall–Kier alpha value is -0.170. The van der Waals surface area contributed by atoms with Gasteiger partial charge in [0.2, 0.25) is 10.0 Å². The third kappa shape index (κ3) is 2.94. The van der Waals surface area contributed by atoms with Gasteiger partial charge in [-0.3, -0.25) is 0 Å². The first-order valence-electron chi connectivity index (χ1n) is 5.96. The van der Waals surface area contributed by atoms with E-state index in [1.54, 1.807) is 0 Å². The quantitative estimate of drug-likeness (QED) is 0.647. The molecule has 2 bridgehead atoms. The molecule has 0 amide bonds. The van der Waals surface area contributed by atoms with Crippen molar-refractivity contribution in [2.24, 2.45) is 5.73 Å². The Bertz CT molecular complexity index is 331. The Morgan fingerprint density at radius 2 is 2.12 bits per heavy atom. The van der Waals surface area contributed by atoms with Crippen LogP contribution in [0.2, 0.25) is 0 Å². The summed E-state index contributed by atoms with van der Waals surface area (Å²) < 4.78 is 31.8. The molecule has 0 saturated carbocycles. The molecular weight excluding hydrogens is 228 g/mol.